The largest absolute Gasteiger partial charge is 0.361 e. The molecule has 3 rings (SSSR count). The number of nitrogens with one attached hydrogen (secondary N) is 1. The van der Waals surface area contributed by atoms with E-state index >= 15 is 0 Å². The molecule has 0 spiro atoms. The van der Waals surface area contributed by atoms with E-state index < -0.39 is 0 Å². The first-order valence-corrected chi connectivity index (χ1v) is 8.98. The van der Waals surface area contributed by atoms with Gasteiger partial charge in [0.2, 0.25) is 5.91 Å². The van der Waals surface area contributed by atoms with E-state index in [4.69, 9.17) is 9.05 Å². The Labute approximate surface area is 158 Å². The van der Waals surface area contributed by atoms with Gasteiger partial charge in [-0.1, -0.05) is 40.6 Å². The summed E-state index contributed by atoms with van der Waals surface area (Å²) in [6.45, 7) is 4.41. The second-order valence-electron chi connectivity index (χ2n) is 6.62. The van der Waals surface area contributed by atoms with Crippen LogP contribution in [0.5, 0.6) is 0 Å². The molecule has 0 radical (unpaired) electrons. The normalized spacial score (nSPS) is 12.3. The Morgan fingerprint density at radius 2 is 1.96 bits per heavy atom. The van der Waals surface area contributed by atoms with Crippen molar-refractivity contribution in [2.24, 2.45) is 0 Å². The Morgan fingerprint density at radius 3 is 2.67 bits per heavy atom. The molecule has 7 nitrogen and oxygen atoms in total. The van der Waals surface area contributed by atoms with E-state index in [2.05, 4.69) is 15.6 Å². The van der Waals surface area contributed by atoms with E-state index in [0.29, 0.717) is 11.6 Å². The predicted molar refractivity (Wildman–Crippen MR) is 102 cm³/mol. The number of hydrogen-bond acceptors (Lipinski definition) is 6. The lowest BCUT2D eigenvalue weighted by atomic mass is 10.1. The van der Waals surface area contributed by atoms with Crippen LogP contribution in [-0.4, -0.2) is 40.8 Å². The van der Waals surface area contributed by atoms with Gasteiger partial charge in [0, 0.05) is 24.1 Å². The summed E-state index contributed by atoms with van der Waals surface area (Å²) in [5, 5.41) is 10.7. The Bertz CT molecular complexity index is 872. The summed E-state index contributed by atoms with van der Waals surface area (Å²) in [7, 11) is 1.92. The summed E-state index contributed by atoms with van der Waals surface area (Å²) in [4.78, 5) is 14.3. The number of rotatable bonds is 8. The van der Waals surface area contributed by atoms with Crippen LogP contribution in [0.15, 0.2) is 51.5 Å². The van der Waals surface area contributed by atoms with Crippen molar-refractivity contribution < 1.29 is 13.8 Å². The molecule has 1 atom stereocenters. The van der Waals surface area contributed by atoms with Crippen LogP contribution in [0.25, 0.3) is 11.3 Å². The first-order chi connectivity index (χ1) is 13.0. The van der Waals surface area contributed by atoms with E-state index in [1.54, 1.807) is 13.0 Å². The lowest BCUT2D eigenvalue weighted by molar-refractivity contribution is -0.120. The molecule has 2 aromatic heterocycles. The van der Waals surface area contributed by atoms with Crippen molar-refractivity contribution in [2.45, 2.75) is 32.7 Å². The number of hydrogen-bond donors (Lipinski definition) is 1. The Kier molecular flexibility index (Phi) is 6.03. The van der Waals surface area contributed by atoms with Crippen LogP contribution in [-0.2, 0) is 11.2 Å². The van der Waals surface area contributed by atoms with Gasteiger partial charge in [-0.2, -0.15) is 0 Å². The molecule has 0 aliphatic carbocycles. The Hall–Kier alpha value is -2.93. The number of benzene rings is 1. The molecule has 0 bridgehead atoms. The van der Waals surface area contributed by atoms with E-state index in [-0.39, 0.29) is 11.9 Å². The van der Waals surface area contributed by atoms with Gasteiger partial charge in [0.15, 0.2) is 5.82 Å². The van der Waals surface area contributed by atoms with Gasteiger partial charge >= 0.3 is 0 Å². The van der Waals surface area contributed by atoms with Crippen molar-refractivity contribution in [3.8, 4) is 11.3 Å². The minimum atomic E-state index is -0.281. The third-order valence-corrected chi connectivity index (χ3v) is 4.48. The van der Waals surface area contributed by atoms with Crippen LogP contribution in [0.2, 0.25) is 0 Å². The highest BCUT2D eigenvalue weighted by Gasteiger charge is 2.19. The fraction of sp³-hybridized carbons (Fsp3) is 0.350. The molecule has 1 unspecified atom stereocenters. The molecule has 3 aromatic rings. The molecule has 7 heteroatoms. The van der Waals surface area contributed by atoms with Crippen LogP contribution in [0.3, 0.4) is 0 Å². The molecule has 27 heavy (non-hydrogen) atoms. The van der Waals surface area contributed by atoms with Gasteiger partial charge in [0.25, 0.3) is 0 Å². The molecule has 0 aliphatic rings. The number of amides is 1. The van der Waals surface area contributed by atoms with Crippen LogP contribution in [0.1, 0.15) is 24.9 Å². The molecule has 142 valence electrons. The number of aromatic nitrogens is 2. The van der Waals surface area contributed by atoms with Crippen molar-refractivity contribution in [1.29, 1.82) is 0 Å². The summed E-state index contributed by atoms with van der Waals surface area (Å²) in [6.07, 6.45) is 1.63. The summed E-state index contributed by atoms with van der Waals surface area (Å²) >= 11 is 0. The summed E-state index contributed by atoms with van der Waals surface area (Å²) in [6, 6.07) is 13.3. The summed E-state index contributed by atoms with van der Waals surface area (Å²) < 4.78 is 10.4. The lowest BCUT2D eigenvalue weighted by Crippen LogP contribution is -2.40. The number of anilines is 1. The molecule has 2 heterocycles. The fourth-order valence-corrected chi connectivity index (χ4v) is 2.73. The van der Waals surface area contributed by atoms with Crippen molar-refractivity contribution in [3.05, 3.63) is 54.0 Å². The zero-order valence-electron chi connectivity index (χ0n) is 15.8. The minimum Gasteiger partial charge on any atom is -0.361 e. The summed E-state index contributed by atoms with van der Waals surface area (Å²) in [5.41, 5.74) is 1.88. The van der Waals surface area contributed by atoms with Gasteiger partial charge in [0.1, 0.15) is 17.2 Å². The van der Waals surface area contributed by atoms with Gasteiger partial charge in [-0.25, -0.2) is 0 Å². The zero-order chi connectivity index (χ0) is 19.2. The maximum Gasteiger partial charge on any atom is 0.242 e. The maximum absolute atomic E-state index is 12.3. The number of carbonyl (C=O) groups excluding carboxylic acids is 1. The average molecular weight is 368 g/mol. The van der Waals surface area contributed by atoms with E-state index in [9.17, 15) is 4.79 Å². The average Bonchev–Trinajstić information content (AvgIpc) is 3.30. The van der Waals surface area contributed by atoms with Crippen LogP contribution in [0, 0.1) is 6.92 Å². The van der Waals surface area contributed by atoms with Gasteiger partial charge < -0.3 is 14.4 Å². The van der Waals surface area contributed by atoms with E-state index in [1.807, 2.05) is 55.3 Å². The quantitative estimate of drug-likeness (QED) is 0.655. The van der Waals surface area contributed by atoms with Gasteiger partial charge in [-0.05, 0) is 33.9 Å². The zero-order valence-corrected chi connectivity index (χ0v) is 15.8. The third-order valence-electron chi connectivity index (χ3n) is 4.48. The monoisotopic (exact) mass is 368 g/mol. The standard InChI is InChI=1S/C20H24N4O3/c1-14-12-19(23-26-14)21-20(25)15(2)24(3)11-7-10-17-13-18(22-27-17)16-8-5-4-6-9-16/h4-6,8-9,12-13,15H,7,10-11H2,1-3H3,(H,21,23,25). The first-order valence-electron chi connectivity index (χ1n) is 8.98. The molecular weight excluding hydrogens is 344 g/mol. The second kappa shape index (κ2) is 8.64. The molecule has 0 fully saturated rings. The highest BCUT2D eigenvalue weighted by Crippen LogP contribution is 2.19. The Balaban J connectivity index is 1.45. The number of aryl methyl sites for hydroxylation is 2. The van der Waals surface area contributed by atoms with Crippen LogP contribution >= 0.6 is 0 Å². The fourth-order valence-electron chi connectivity index (χ4n) is 2.73. The minimum absolute atomic E-state index is 0.114. The van der Waals surface area contributed by atoms with Crippen molar-refractivity contribution in [1.82, 2.24) is 15.2 Å². The number of likely N-dealkylation sites (N-methyl/N-ethyl adjacent to an activating group) is 1. The molecule has 1 N–H and O–H groups in total. The number of nitrogens with zero attached hydrogens (tertiary/aromatic N) is 3. The van der Waals surface area contributed by atoms with Crippen molar-refractivity contribution in [2.75, 3.05) is 18.9 Å². The third kappa shape index (κ3) is 5.04. The SMILES string of the molecule is Cc1cc(NC(=O)C(C)N(C)CCCc2cc(-c3ccccc3)no2)no1. The predicted octanol–water partition coefficient (Wildman–Crippen LogP) is 3.53. The second-order valence-corrected chi connectivity index (χ2v) is 6.62. The van der Waals surface area contributed by atoms with Gasteiger partial charge in [-0.3, -0.25) is 9.69 Å². The van der Waals surface area contributed by atoms with Crippen LogP contribution < -0.4 is 5.32 Å². The highest BCUT2D eigenvalue weighted by atomic mass is 16.5. The van der Waals surface area contributed by atoms with E-state index in [0.717, 1.165) is 36.4 Å². The molecule has 1 aromatic carbocycles. The maximum atomic E-state index is 12.3. The molecule has 0 saturated carbocycles. The van der Waals surface area contributed by atoms with Crippen molar-refractivity contribution >= 4 is 11.7 Å². The smallest absolute Gasteiger partial charge is 0.242 e. The molecular formula is C20H24N4O3. The first kappa shape index (κ1) is 18.8. The molecule has 0 aliphatic heterocycles. The van der Waals surface area contributed by atoms with E-state index in [1.165, 1.54) is 0 Å². The van der Waals surface area contributed by atoms with Gasteiger partial charge in [-0.15, -0.1) is 0 Å². The molecule has 1 amide bonds. The summed E-state index contributed by atoms with van der Waals surface area (Å²) in [5.74, 6) is 1.83. The molecule has 0 saturated heterocycles. The van der Waals surface area contributed by atoms with Crippen molar-refractivity contribution in [3.63, 3.8) is 0 Å². The van der Waals surface area contributed by atoms with Crippen LogP contribution in [0.4, 0.5) is 5.82 Å². The highest BCUT2D eigenvalue weighted by molar-refractivity contribution is 5.93. The van der Waals surface area contributed by atoms with Gasteiger partial charge in [0.05, 0.1) is 6.04 Å². The lowest BCUT2D eigenvalue weighted by Gasteiger charge is -2.23. The number of carbonyl (C=O) groups is 1. The topological polar surface area (TPSA) is 84.4 Å². The Morgan fingerprint density at radius 1 is 1.19 bits per heavy atom.